The van der Waals surface area contributed by atoms with Gasteiger partial charge in [-0.05, 0) is 50.7 Å². The van der Waals surface area contributed by atoms with Crippen molar-refractivity contribution in [3.8, 4) is 5.75 Å². The minimum atomic E-state index is 0.555. The van der Waals surface area contributed by atoms with Crippen molar-refractivity contribution in [1.29, 1.82) is 0 Å². The molecule has 0 saturated carbocycles. The van der Waals surface area contributed by atoms with Crippen LogP contribution >= 0.6 is 38.5 Å². The molecule has 0 amide bonds. The Morgan fingerprint density at radius 2 is 2.00 bits per heavy atom. The second kappa shape index (κ2) is 5.63. The highest BCUT2D eigenvalue weighted by molar-refractivity contribution is 14.1. The number of hydrogen-bond donors (Lipinski definition) is 1. The smallest absolute Gasteiger partial charge is 0.227 e. The van der Waals surface area contributed by atoms with Gasteiger partial charge in [-0.3, -0.25) is 0 Å². The fourth-order valence-electron chi connectivity index (χ4n) is 1.22. The molecule has 1 heterocycles. The van der Waals surface area contributed by atoms with Crippen LogP contribution in [0.15, 0.2) is 35.1 Å². The zero-order valence-corrected chi connectivity index (χ0v) is 12.7. The highest BCUT2D eigenvalue weighted by atomic mass is 127. The molecule has 6 heteroatoms. The Hall–Kier alpha value is -0.890. The van der Waals surface area contributed by atoms with Crippen molar-refractivity contribution < 1.29 is 4.74 Å². The lowest BCUT2D eigenvalue weighted by molar-refractivity contribution is 0.415. The van der Waals surface area contributed by atoms with E-state index in [1.54, 1.807) is 19.5 Å². The predicted molar refractivity (Wildman–Crippen MR) is 78.7 cm³/mol. The number of hydrogen-bond acceptors (Lipinski definition) is 4. The first kappa shape index (κ1) is 12.6. The second-order valence-corrected chi connectivity index (χ2v) is 5.30. The first-order valence-electron chi connectivity index (χ1n) is 4.77. The fraction of sp³-hybridized carbons (Fsp3) is 0.0909. The minimum Gasteiger partial charge on any atom is -0.497 e. The molecule has 0 bridgehead atoms. The summed E-state index contributed by atoms with van der Waals surface area (Å²) in [5.41, 5.74) is 0.866. The summed E-state index contributed by atoms with van der Waals surface area (Å²) in [6.45, 7) is 0. The summed E-state index contributed by atoms with van der Waals surface area (Å²) in [6, 6.07) is 5.67. The van der Waals surface area contributed by atoms with E-state index in [0.717, 1.165) is 19.5 Å². The van der Waals surface area contributed by atoms with Crippen LogP contribution in [0.5, 0.6) is 5.75 Å². The van der Waals surface area contributed by atoms with Crippen molar-refractivity contribution >= 4 is 50.2 Å². The minimum absolute atomic E-state index is 0.555. The monoisotopic (exact) mass is 405 g/mol. The quantitative estimate of drug-likeness (QED) is 0.792. The first-order chi connectivity index (χ1) is 8.19. The van der Waals surface area contributed by atoms with Gasteiger partial charge in [0.05, 0.1) is 12.8 Å². The Balaban J connectivity index is 2.25. The molecule has 0 spiro atoms. The first-order valence-corrected chi connectivity index (χ1v) is 6.64. The van der Waals surface area contributed by atoms with Crippen molar-refractivity contribution in [2.75, 3.05) is 12.4 Å². The molecule has 1 aromatic heterocycles. The number of ether oxygens (including phenoxy) is 1. The summed E-state index contributed by atoms with van der Waals surface area (Å²) in [6.07, 6.45) is 3.51. The van der Waals surface area contributed by atoms with Gasteiger partial charge in [0, 0.05) is 26.5 Å². The summed E-state index contributed by atoms with van der Waals surface area (Å²) < 4.78 is 7.09. The van der Waals surface area contributed by atoms with Gasteiger partial charge in [-0.2, -0.15) is 0 Å². The Morgan fingerprint density at radius 1 is 1.29 bits per heavy atom. The number of halogens is 2. The Bertz CT molecular complexity index is 519. The number of nitrogens with one attached hydrogen (secondary N) is 1. The van der Waals surface area contributed by atoms with E-state index < -0.39 is 0 Å². The van der Waals surface area contributed by atoms with E-state index in [1.807, 2.05) is 18.2 Å². The summed E-state index contributed by atoms with van der Waals surface area (Å²) >= 11 is 5.62. The molecule has 1 aromatic carbocycles. The van der Waals surface area contributed by atoms with E-state index in [-0.39, 0.29) is 0 Å². The van der Waals surface area contributed by atoms with Gasteiger partial charge in [0.15, 0.2) is 0 Å². The normalized spacial score (nSPS) is 10.1. The number of nitrogens with zero attached hydrogens (tertiary/aromatic N) is 2. The Labute approximate surface area is 121 Å². The van der Waals surface area contributed by atoms with E-state index in [9.17, 15) is 0 Å². The number of anilines is 2. The van der Waals surface area contributed by atoms with Crippen LogP contribution in [0.2, 0.25) is 0 Å². The van der Waals surface area contributed by atoms with Gasteiger partial charge in [0.1, 0.15) is 5.75 Å². The van der Waals surface area contributed by atoms with E-state index in [2.05, 4.69) is 53.8 Å². The molecule has 2 rings (SSSR count). The molecule has 2 aromatic rings. The summed E-state index contributed by atoms with van der Waals surface area (Å²) in [7, 11) is 1.63. The lowest BCUT2D eigenvalue weighted by Crippen LogP contribution is -1.98. The van der Waals surface area contributed by atoms with Crippen LogP contribution < -0.4 is 10.1 Å². The fourth-order valence-corrected chi connectivity index (χ4v) is 1.85. The molecular formula is C11H9BrIN3O. The zero-order chi connectivity index (χ0) is 12.3. The average Bonchev–Trinajstić information content (AvgIpc) is 2.35. The molecule has 0 saturated heterocycles. The van der Waals surface area contributed by atoms with Crippen LogP contribution in [-0.2, 0) is 0 Å². The van der Waals surface area contributed by atoms with Crippen LogP contribution in [0.25, 0.3) is 0 Å². The standard InChI is InChI=1S/C11H9BrIN3O/c1-17-8-2-3-9(12)10(4-8)16-11-14-5-7(13)6-15-11/h2-6H,1H3,(H,14,15,16). The summed E-state index contributed by atoms with van der Waals surface area (Å²) in [4.78, 5) is 8.36. The molecule has 0 atom stereocenters. The maximum absolute atomic E-state index is 5.16. The molecule has 0 fully saturated rings. The molecule has 0 aliphatic rings. The van der Waals surface area contributed by atoms with Gasteiger partial charge in [-0.1, -0.05) is 0 Å². The maximum Gasteiger partial charge on any atom is 0.227 e. The lowest BCUT2D eigenvalue weighted by Gasteiger charge is -2.08. The van der Waals surface area contributed by atoms with Gasteiger partial charge in [-0.25, -0.2) is 9.97 Å². The molecule has 88 valence electrons. The number of aromatic nitrogens is 2. The third-order valence-corrected chi connectivity index (χ3v) is 3.29. The SMILES string of the molecule is COc1ccc(Br)c(Nc2ncc(I)cn2)c1. The molecule has 0 aliphatic heterocycles. The molecule has 0 radical (unpaired) electrons. The number of benzene rings is 1. The summed E-state index contributed by atoms with van der Waals surface area (Å²) in [5, 5.41) is 3.12. The van der Waals surface area contributed by atoms with E-state index in [4.69, 9.17) is 4.74 Å². The largest absolute Gasteiger partial charge is 0.497 e. The van der Waals surface area contributed by atoms with Gasteiger partial charge >= 0.3 is 0 Å². The topological polar surface area (TPSA) is 47.0 Å². The van der Waals surface area contributed by atoms with Crippen LogP contribution in [0.3, 0.4) is 0 Å². The highest BCUT2D eigenvalue weighted by Crippen LogP contribution is 2.28. The van der Waals surface area contributed by atoms with Crippen molar-refractivity contribution in [3.05, 3.63) is 38.6 Å². The molecule has 17 heavy (non-hydrogen) atoms. The summed E-state index contributed by atoms with van der Waals surface area (Å²) in [5.74, 6) is 1.33. The van der Waals surface area contributed by atoms with Gasteiger partial charge < -0.3 is 10.1 Å². The van der Waals surface area contributed by atoms with Crippen LogP contribution in [0, 0.1) is 3.57 Å². The zero-order valence-electron chi connectivity index (χ0n) is 8.95. The Morgan fingerprint density at radius 3 is 2.65 bits per heavy atom. The molecule has 1 N–H and O–H groups in total. The Kier molecular flexibility index (Phi) is 4.16. The van der Waals surface area contributed by atoms with Crippen molar-refractivity contribution in [2.24, 2.45) is 0 Å². The molecule has 4 nitrogen and oxygen atoms in total. The lowest BCUT2D eigenvalue weighted by atomic mass is 10.3. The van der Waals surface area contributed by atoms with Gasteiger partial charge in [-0.15, -0.1) is 0 Å². The molecule has 0 unspecified atom stereocenters. The maximum atomic E-state index is 5.16. The molecule has 0 aliphatic carbocycles. The average molecular weight is 406 g/mol. The third kappa shape index (κ3) is 3.29. The van der Waals surface area contributed by atoms with Gasteiger partial charge in [0.2, 0.25) is 5.95 Å². The third-order valence-electron chi connectivity index (χ3n) is 2.04. The molecular weight excluding hydrogens is 397 g/mol. The van der Waals surface area contributed by atoms with Crippen LogP contribution in [0.4, 0.5) is 11.6 Å². The predicted octanol–water partition coefficient (Wildman–Crippen LogP) is 3.60. The van der Waals surface area contributed by atoms with Crippen molar-refractivity contribution in [1.82, 2.24) is 9.97 Å². The van der Waals surface area contributed by atoms with Crippen LogP contribution in [0.1, 0.15) is 0 Å². The number of methoxy groups -OCH3 is 1. The van der Waals surface area contributed by atoms with E-state index >= 15 is 0 Å². The number of rotatable bonds is 3. The van der Waals surface area contributed by atoms with Gasteiger partial charge in [0.25, 0.3) is 0 Å². The van der Waals surface area contributed by atoms with Crippen molar-refractivity contribution in [2.45, 2.75) is 0 Å². The highest BCUT2D eigenvalue weighted by Gasteiger charge is 2.04. The van der Waals surface area contributed by atoms with E-state index in [0.29, 0.717) is 5.95 Å². The van der Waals surface area contributed by atoms with E-state index in [1.165, 1.54) is 0 Å². The van der Waals surface area contributed by atoms with Crippen LogP contribution in [-0.4, -0.2) is 17.1 Å². The second-order valence-electron chi connectivity index (χ2n) is 3.20. The van der Waals surface area contributed by atoms with Crippen molar-refractivity contribution in [3.63, 3.8) is 0 Å².